The van der Waals surface area contributed by atoms with E-state index in [0.717, 1.165) is 5.56 Å². The highest BCUT2D eigenvalue weighted by Crippen LogP contribution is 2.16. The Morgan fingerprint density at radius 2 is 2.00 bits per heavy atom. The van der Waals surface area contributed by atoms with Crippen LogP contribution in [-0.2, 0) is 11.3 Å². The summed E-state index contributed by atoms with van der Waals surface area (Å²) in [4.78, 5) is 15.8. The van der Waals surface area contributed by atoms with E-state index in [9.17, 15) is 4.79 Å². The second-order valence-electron chi connectivity index (χ2n) is 5.25. The van der Waals surface area contributed by atoms with Crippen LogP contribution in [0.1, 0.15) is 31.7 Å². The van der Waals surface area contributed by atoms with Crippen molar-refractivity contribution in [1.82, 2.24) is 15.5 Å². The lowest BCUT2D eigenvalue weighted by atomic mass is 10.1. The predicted molar refractivity (Wildman–Crippen MR) is 75.8 cm³/mol. The lowest BCUT2D eigenvalue weighted by molar-refractivity contribution is -0.122. The van der Waals surface area contributed by atoms with E-state index in [1.54, 1.807) is 0 Å². The van der Waals surface area contributed by atoms with E-state index < -0.39 is 0 Å². The van der Waals surface area contributed by atoms with Gasteiger partial charge in [-0.2, -0.15) is 4.98 Å². The molecular weight excluding hydrogens is 254 g/mol. The Bertz CT molecular complexity index is 573. The average molecular weight is 273 g/mol. The molecule has 1 heterocycles. The van der Waals surface area contributed by atoms with Crippen LogP contribution in [0.4, 0.5) is 0 Å². The summed E-state index contributed by atoms with van der Waals surface area (Å²) in [6.45, 7) is 6.30. The van der Waals surface area contributed by atoms with Gasteiger partial charge in [0.25, 0.3) is 0 Å². The smallest absolute Gasteiger partial charge is 0.246 e. The molecule has 106 valence electrons. The zero-order valence-corrected chi connectivity index (χ0v) is 12.0. The summed E-state index contributed by atoms with van der Waals surface area (Å²) in [5.74, 6) is 1.28. The number of benzene rings is 1. The van der Waals surface area contributed by atoms with Crippen LogP contribution in [0.15, 0.2) is 28.8 Å². The number of carbonyl (C=O) groups excluding carboxylic acids is 1. The molecule has 5 nitrogen and oxygen atoms in total. The molecule has 0 atom stereocenters. The summed E-state index contributed by atoms with van der Waals surface area (Å²) in [6.07, 6.45) is 0.499. The largest absolute Gasteiger partial charge is 0.347 e. The normalized spacial score (nSPS) is 10.8. The Labute approximate surface area is 118 Å². The second kappa shape index (κ2) is 6.32. The molecule has 0 radical (unpaired) electrons. The molecule has 0 spiro atoms. The quantitative estimate of drug-likeness (QED) is 0.909. The van der Waals surface area contributed by atoms with Crippen LogP contribution in [0, 0.1) is 12.8 Å². The maximum absolute atomic E-state index is 11.5. The van der Waals surface area contributed by atoms with Crippen LogP contribution in [0.5, 0.6) is 0 Å². The van der Waals surface area contributed by atoms with E-state index in [1.807, 2.05) is 45.0 Å². The van der Waals surface area contributed by atoms with Crippen LogP contribution in [0.3, 0.4) is 0 Å². The van der Waals surface area contributed by atoms with Gasteiger partial charge in [0.15, 0.2) is 0 Å². The molecular formula is C15H19N3O2. The van der Waals surface area contributed by atoms with E-state index >= 15 is 0 Å². The highest BCUT2D eigenvalue weighted by molar-refractivity contribution is 5.75. The summed E-state index contributed by atoms with van der Waals surface area (Å²) < 4.78 is 5.13. The molecule has 1 amide bonds. The average Bonchev–Trinajstić information content (AvgIpc) is 2.85. The zero-order valence-electron chi connectivity index (χ0n) is 12.0. The molecule has 0 bridgehead atoms. The van der Waals surface area contributed by atoms with Crippen molar-refractivity contribution < 1.29 is 9.32 Å². The van der Waals surface area contributed by atoms with Gasteiger partial charge in [0.2, 0.25) is 17.6 Å². The summed E-state index contributed by atoms with van der Waals surface area (Å²) in [5, 5.41) is 6.69. The van der Waals surface area contributed by atoms with Crippen LogP contribution >= 0.6 is 0 Å². The van der Waals surface area contributed by atoms with Gasteiger partial charge >= 0.3 is 0 Å². The Morgan fingerprint density at radius 3 is 2.65 bits per heavy atom. The van der Waals surface area contributed by atoms with Gasteiger partial charge in [0, 0.05) is 12.0 Å². The molecule has 0 aliphatic carbocycles. The third kappa shape index (κ3) is 3.91. The van der Waals surface area contributed by atoms with Gasteiger partial charge in [0.1, 0.15) is 0 Å². The van der Waals surface area contributed by atoms with Crippen LogP contribution in [0.2, 0.25) is 0 Å². The zero-order chi connectivity index (χ0) is 14.5. The lowest BCUT2D eigenvalue weighted by Crippen LogP contribution is -2.24. The maximum atomic E-state index is 11.5. The standard InChI is InChI=1S/C15H19N3O2/c1-10(2)8-13(19)16-9-14-17-15(18-20-14)12-6-4-11(3)5-7-12/h4-7,10H,8-9H2,1-3H3,(H,16,19). The number of hydrogen-bond donors (Lipinski definition) is 1. The number of amides is 1. The minimum Gasteiger partial charge on any atom is -0.347 e. The van der Waals surface area contributed by atoms with Gasteiger partial charge in [-0.15, -0.1) is 0 Å². The Hall–Kier alpha value is -2.17. The molecule has 20 heavy (non-hydrogen) atoms. The predicted octanol–water partition coefficient (Wildman–Crippen LogP) is 2.71. The van der Waals surface area contributed by atoms with Crippen molar-refractivity contribution >= 4 is 5.91 Å². The molecule has 0 unspecified atom stereocenters. The molecule has 0 fully saturated rings. The molecule has 0 saturated heterocycles. The van der Waals surface area contributed by atoms with Crippen molar-refractivity contribution in [3.8, 4) is 11.4 Å². The molecule has 5 heteroatoms. The van der Waals surface area contributed by atoms with Gasteiger partial charge in [0.05, 0.1) is 6.54 Å². The van der Waals surface area contributed by atoms with Crippen LogP contribution in [-0.4, -0.2) is 16.0 Å². The summed E-state index contributed by atoms with van der Waals surface area (Å²) in [7, 11) is 0. The summed E-state index contributed by atoms with van der Waals surface area (Å²) >= 11 is 0. The van der Waals surface area contributed by atoms with Gasteiger partial charge < -0.3 is 9.84 Å². The lowest BCUT2D eigenvalue weighted by Gasteiger charge is -2.04. The van der Waals surface area contributed by atoms with E-state index in [1.165, 1.54) is 5.56 Å². The Kier molecular flexibility index (Phi) is 4.50. The summed E-state index contributed by atoms with van der Waals surface area (Å²) in [5.41, 5.74) is 2.08. The first-order valence-corrected chi connectivity index (χ1v) is 6.71. The number of rotatable bonds is 5. The van der Waals surface area contributed by atoms with E-state index in [2.05, 4.69) is 15.5 Å². The van der Waals surface area contributed by atoms with Crippen molar-refractivity contribution in [3.05, 3.63) is 35.7 Å². The minimum atomic E-state index is -0.00455. The monoisotopic (exact) mass is 273 g/mol. The fraction of sp³-hybridized carbons (Fsp3) is 0.400. The number of nitrogens with one attached hydrogen (secondary N) is 1. The third-order valence-corrected chi connectivity index (χ3v) is 2.81. The number of aromatic nitrogens is 2. The Balaban J connectivity index is 1.95. The van der Waals surface area contributed by atoms with E-state index in [0.29, 0.717) is 24.1 Å². The van der Waals surface area contributed by atoms with Gasteiger partial charge in [-0.05, 0) is 12.8 Å². The Morgan fingerprint density at radius 1 is 1.30 bits per heavy atom. The highest BCUT2D eigenvalue weighted by atomic mass is 16.5. The van der Waals surface area contributed by atoms with Gasteiger partial charge in [-0.1, -0.05) is 48.8 Å². The van der Waals surface area contributed by atoms with Crippen molar-refractivity contribution in [3.63, 3.8) is 0 Å². The molecule has 0 saturated carbocycles. The molecule has 2 aromatic rings. The fourth-order valence-corrected chi connectivity index (χ4v) is 1.76. The molecule has 1 aromatic carbocycles. The van der Waals surface area contributed by atoms with Gasteiger partial charge in [-0.3, -0.25) is 4.79 Å². The SMILES string of the molecule is Cc1ccc(-c2noc(CNC(=O)CC(C)C)n2)cc1. The summed E-state index contributed by atoms with van der Waals surface area (Å²) in [6, 6.07) is 7.88. The molecule has 1 N–H and O–H groups in total. The van der Waals surface area contributed by atoms with Crippen LogP contribution < -0.4 is 5.32 Å². The van der Waals surface area contributed by atoms with E-state index in [-0.39, 0.29) is 12.5 Å². The first kappa shape index (κ1) is 14.2. The number of hydrogen-bond acceptors (Lipinski definition) is 4. The second-order valence-corrected chi connectivity index (χ2v) is 5.25. The minimum absolute atomic E-state index is 0.00455. The molecule has 0 aliphatic heterocycles. The first-order valence-electron chi connectivity index (χ1n) is 6.71. The van der Waals surface area contributed by atoms with Crippen molar-refractivity contribution in [1.29, 1.82) is 0 Å². The van der Waals surface area contributed by atoms with Crippen molar-refractivity contribution in [2.45, 2.75) is 33.7 Å². The van der Waals surface area contributed by atoms with Crippen LogP contribution in [0.25, 0.3) is 11.4 Å². The molecule has 2 rings (SSSR count). The van der Waals surface area contributed by atoms with Crippen molar-refractivity contribution in [2.75, 3.05) is 0 Å². The topological polar surface area (TPSA) is 68.0 Å². The number of carbonyl (C=O) groups is 1. The number of aryl methyl sites for hydroxylation is 1. The molecule has 0 aliphatic rings. The maximum Gasteiger partial charge on any atom is 0.246 e. The van der Waals surface area contributed by atoms with E-state index in [4.69, 9.17) is 4.52 Å². The third-order valence-electron chi connectivity index (χ3n) is 2.81. The number of nitrogens with zero attached hydrogens (tertiary/aromatic N) is 2. The van der Waals surface area contributed by atoms with Gasteiger partial charge in [-0.25, -0.2) is 0 Å². The first-order chi connectivity index (χ1) is 9.54. The molecule has 1 aromatic heterocycles. The fourth-order valence-electron chi connectivity index (χ4n) is 1.76. The highest BCUT2D eigenvalue weighted by Gasteiger charge is 2.10. The van der Waals surface area contributed by atoms with Crippen molar-refractivity contribution in [2.24, 2.45) is 5.92 Å².